The molecule has 0 bridgehead atoms. The standard InChI is InChI=1S/C13H12BrN5/c14-7-6-10-11(9-4-2-1-3-5-9)18-13(15)19-12(10)16-8-17-19/h1-5,8H,6-7H2,(H2,15,18). The van der Waals surface area contributed by atoms with Crippen LogP contribution in [0.15, 0.2) is 36.7 Å². The number of halogens is 1. The number of anilines is 1. The van der Waals surface area contributed by atoms with Gasteiger partial charge in [-0.15, -0.1) is 0 Å². The molecule has 0 aliphatic heterocycles. The summed E-state index contributed by atoms with van der Waals surface area (Å²) in [5, 5.41) is 4.93. The number of aromatic nitrogens is 4. The zero-order chi connectivity index (χ0) is 13.2. The number of rotatable bonds is 3. The minimum atomic E-state index is 0.352. The van der Waals surface area contributed by atoms with Gasteiger partial charge in [-0.1, -0.05) is 46.3 Å². The fourth-order valence-electron chi connectivity index (χ4n) is 2.11. The van der Waals surface area contributed by atoms with Gasteiger partial charge in [-0.2, -0.15) is 9.61 Å². The molecule has 5 nitrogen and oxygen atoms in total. The van der Waals surface area contributed by atoms with Gasteiger partial charge in [0, 0.05) is 16.5 Å². The quantitative estimate of drug-likeness (QED) is 0.753. The molecule has 0 aliphatic rings. The maximum absolute atomic E-state index is 5.94. The van der Waals surface area contributed by atoms with Crippen molar-refractivity contribution < 1.29 is 0 Å². The molecule has 0 radical (unpaired) electrons. The fourth-order valence-corrected chi connectivity index (χ4v) is 2.51. The highest BCUT2D eigenvalue weighted by atomic mass is 79.9. The molecule has 0 aliphatic carbocycles. The van der Waals surface area contributed by atoms with Crippen LogP contribution in [-0.2, 0) is 6.42 Å². The molecule has 0 fully saturated rings. The molecule has 3 aromatic rings. The zero-order valence-electron chi connectivity index (χ0n) is 10.1. The van der Waals surface area contributed by atoms with Crippen LogP contribution in [0.5, 0.6) is 0 Å². The number of hydrogen-bond acceptors (Lipinski definition) is 4. The van der Waals surface area contributed by atoms with Gasteiger partial charge in [-0.25, -0.2) is 9.97 Å². The Labute approximate surface area is 118 Å². The van der Waals surface area contributed by atoms with Gasteiger partial charge < -0.3 is 5.73 Å². The molecule has 0 atom stereocenters. The summed E-state index contributed by atoms with van der Waals surface area (Å²) in [6, 6.07) is 9.99. The molecule has 2 aromatic heterocycles. The Hall–Kier alpha value is -1.95. The first-order chi connectivity index (χ1) is 9.31. The molecule has 19 heavy (non-hydrogen) atoms. The summed E-state index contributed by atoms with van der Waals surface area (Å²) in [5.74, 6) is 0.352. The van der Waals surface area contributed by atoms with Gasteiger partial charge in [-0.3, -0.25) is 0 Å². The van der Waals surface area contributed by atoms with Crippen LogP contribution in [0.2, 0.25) is 0 Å². The second kappa shape index (κ2) is 4.97. The van der Waals surface area contributed by atoms with E-state index >= 15 is 0 Å². The summed E-state index contributed by atoms with van der Waals surface area (Å²) in [4.78, 5) is 8.78. The van der Waals surface area contributed by atoms with Gasteiger partial charge >= 0.3 is 0 Å². The van der Waals surface area contributed by atoms with Gasteiger partial charge in [-0.05, 0) is 6.42 Å². The summed E-state index contributed by atoms with van der Waals surface area (Å²) in [5.41, 5.74) is 9.67. The third-order valence-electron chi connectivity index (χ3n) is 2.94. The van der Waals surface area contributed by atoms with E-state index in [4.69, 9.17) is 5.73 Å². The molecule has 2 heterocycles. The highest BCUT2D eigenvalue weighted by Gasteiger charge is 2.15. The second-order valence-electron chi connectivity index (χ2n) is 4.10. The third kappa shape index (κ3) is 2.08. The lowest BCUT2D eigenvalue weighted by Crippen LogP contribution is -2.07. The van der Waals surface area contributed by atoms with E-state index in [-0.39, 0.29) is 0 Å². The predicted molar refractivity (Wildman–Crippen MR) is 78.1 cm³/mol. The highest BCUT2D eigenvalue weighted by molar-refractivity contribution is 9.09. The number of nitrogens with zero attached hydrogens (tertiary/aromatic N) is 4. The van der Waals surface area contributed by atoms with Crippen molar-refractivity contribution in [3.63, 3.8) is 0 Å². The van der Waals surface area contributed by atoms with Crippen molar-refractivity contribution in [1.82, 2.24) is 19.6 Å². The molecule has 6 heteroatoms. The maximum atomic E-state index is 5.94. The first-order valence-electron chi connectivity index (χ1n) is 5.90. The van der Waals surface area contributed by atoms with Crippen molar-refractivity contribution in [1.29, 1.82) is 0 Å². The van der Waals surface area contributed by atoms with Crippen LogP contribution in [0, 0.1) is 0 Å². The largest absolute Gasteiger partial charge is 0.368 e. The van der Waals surface area contributed by atoms with Gasteiger partial charge in [0.15, 0.2) is 5.65 Å². The van der Waals surface area contributed by atoms with Crippen LogP contribution in [0.25, 0.3) is 16.9 Å². The topological polar surface area (TPSA) is 69.1 Å². The molecule has 0 spiro atoms. The van der Waals surface area contributed by atoms with E-state index in [1.54, 1.807) is 4.52 Å². The average Bonchev–Trinajstić information content (AvgIpc) is 2.93. The number of nitrogens with two attached hydrogens (primary N) is 1. The molecule has 2 N–H and O–H groups in total. The van der Waals surface area contributed by atoms with Crippen molar-refractivity contribution in [3.05, 3.63) is 42.2 Å². The predicted octanol–water partition coefficient (Wildman–Crippen LogP) is 2.31. The highest BCUT2D eigenvalue weighted by Crippen LogP contribution is 2.26. The summed E-state index contributed by atoms with van der Waals surface area (Å²) in [7, 11) is 0. The molecule has 3 rings (SSSR count). The van der Waals surface area contributed by atoms with Crippen LogP contribution in [0.1, 0.15) is 5.56 Å². The van der Waals surface area contributed by atoms with Crippen LogP contribution < -0.4 is 5.73 Å². The smallest absolute Gasteiger partial charge is 0.223 e. The molecular weight excluding hydrogens is 306 g/mol. The lowest BCUT2D eigenvalue weighted by atomic mass is 10.1. The van der Waals surface area contributed by atoms with E-state index in [1.165, 1.54) is 6.33 Å². The Morgan fingerprint density at radius 1 is 1.21 bits per heavy atom. The molecular formula is C13H12BrN5. The number of fused-ring (bicyclic) bond motifs is 1. The van der Waals surface area contributed by atoms with Gasteiger partial charge in [0.05, 0.1) is 5.69 Å². The van der Waals surface area contributed by atoms with Crippen LogP contribution >= 0.6 is 15.9 Å². The van der Waals surface area contributed by atoms with Crippen LogP contribution in [-0.4, -0.2) is 24.9 Å². The van der Waals surface area contributed by atoms with Crippen molar-refractivity contribution in [2.75, 3.05) is 11.1 Å². The summed E-state index contributed by atoms with van der Waals surface area (Å²) in [6.45, 7) is 0. The second-order valence-corrected chi connectivity index (χ2v) is 4.89. The lowest BCUT2D eigenvalue weighted by Gasteiger charge is -2.10. The Morgan fingerprint density at radius 2 is 2.00 bits per heavy atom. The lowest BCUT2D eigenvalue weighted by molar-refractivity contribution is 0.925. The van der Waals surface area contributed by atoms with Crippen LogP contribution in [0.4, 0.5) is 5.95 Å². The van der Waals surface area contributed by atoms with E-state index in [0.717, 1.165) is 34.2 Å². The van der Waals surface area contributed by atoms with Crippen molar-refractivity contribution >= 4 is 27.5 Å². The number of nitrogen functional groups attached to an aromatic ring is 1. The van der Waals surface area contributed by atoms with Crippen molar-refractivity contribution in [2.45, 2.75) is 6.42 Å². The number of alkyl halides is 1. The maximum Gasteiger partial charge on any atom is 0.223 e. The Bertz CT molecular complexity index is 708. The first kappa shape index (κ1) is 12.1. The average molecular weight is 318 g/mol. The van der Waals surface area contributed by atoms with Gasteiger partial charge in [0.2, 0.25) is 5.95 Å². The number of benzene rings is 1. The van der Waals surface area contributed by atoms with E-state index in [9.17, 15) is 0 Å². The molecule has 96 valence electrons. The molecule has 0 unspecified atom stereocenters. The van der Waals surface area contributed by atoms with Crippen LogP contribution in [0.3, 0.4) is 0 Å². The first-order valence-corrected chi connectivity index (χ1v) is 7.03. The Kier molecular flexibility index (Phi) is 3.16. The minimum absolute atomic E-state index is 0.352. The monoisotopic (exact) mass is 317 g/mol. The summed E-state index contributed by atoms with van der Waals surface area (Å²) >= 11 is 3.47. The molecule has 0 saturated carbocycles. The zero-order valence-corrected chi connectivity index (χ0v) is 11.7. The van der Waals surface area contributed by atoms with Gasteiger partial charge in [0.25, 0.3) is 0 Å². The third-order valence-corrected chi connectivity index (χ3v) is 3.34. The van der Waals surface area contributed by atoms with E-state index in [2.05, 4.69) is 31.0 Å². The summed E-state index contributed by atoms with van der Waals surface area (Å²) < 4.78 is 1.57. The van der Waals surface area contributed by atoms with E-state index in [1.807, 2.05) is 30.3 Å². The van der Waals surface area contributed by atoms with Gasteiger partial charge in [0.1, 0.15) is 6.33 Å². The number of aryl methyl sites for hydroxylation is 1. The minimum Gasteiger partial charge on any atom is -0.368 e. The van der Waals surface area contributed by atoms with E-state index < -0.39 is 0 Å². The molecule has 0 amide bonds. The normalized spacial score (nSPS) is 11.0. The number of hydrogen-bond donors (Lipinski definition) is 1. The van der Waals surface area contributed by atoms with E-state index in [0.29, 0.717) is 5.95 Å². The Morgan fingerprint density at radius 3 is 2.74 bits per heavy atom. The summed E-state index contributed by atoms with van der Waals surface area (Å²) in [6.07, 6.45) is 2.32. The van der Waals surface area contributed by atoms with Crippen molar-refractivity contribution in [2.24, 2.45) is 0 Å². The molecule has 0 saturated heterocycles. The molecule has 1 aromatic carbocycles. The SMILES string of the molecule is Nc1nc(-c2ccccc2)c(CCBr)c2ncnn12. The fraction of sp³-hybridized carbons (Fsp3) is 0.154. The Balaban J connectivity index is 2.31. The van der Waals surface area contributed by atoms with Crippen molar-refractivity contribution in [3.8, 4) is 11.3 Å².